The molecule has 0 amide bonds. The van der Waals surface area contributed by atoms with Crippen molar-refractivity contribution in [3.05, 3.63) is 28.8 Å². The molecule has 2 aliphatic rings. The third kappa shape index (κ3) is 3.91. The summed E-state index contributed by atoms with van der Waals surface area (Å²) in [6.07, 6.45) is 6.68. The highest BCUT2D eigenvalue weighted by molar-refractivity contribution is 6.30. The molecule has 4 heteroatoms. The summed E-state index contributed by atoms with van der Waals surface area (Å²) < 4.78 is 0. The normalized spacial score (nSPS) is 20.7. The summed E-state index contributed by atoms with van der Waals surface area (Å²) >= 11 is 6.15. The molecule has 0 heterocycles. The molecule has 1 aromatic carbocycles. The maximum absolute atomic E-state index is 10.6. The molecule has 0 bridgehead atoms. The number of nitrogens with zero attached hydrogens (tertiary/aromatic N) is 1. The van der Waals surface area contributed by atoms with Crippen molar-refractivity contribution < 1.29 is 5.11 Å². The highest BCUT2D eigenvalue weighted by Crippen LogP contribution is 2.32. The molecule has 2 N–H and O–H groups in total. The van der Waals surface area contributed by atoms with E-state index in [-0.39, 0.29) is 0 Å². The smallest absolute Gasteiger partial charge is 0.0821 e. The predicted octanol–water partition coefficient (Wildman–Crippen LogP) is 3.33. The van der Waals surface area contributed by atoms with Crippen molar-refractivity contribution in [2.24, 2.45) is 0 Å². The SMILES string of the molecule is CN(CC1(O)CCCC1)c1ccc(Cl)cc1CNC1CC1. The molecule has 116 valence electrons. The average Bonchev–Trinajstić information content (AvgIpc) is 3.18. The first-order valence-electron chi connectivity index (χ1n) is 8.01. The van der Waals surface area contributed by atoms with Crippen LogP contribution in [-0.4, -0.2) is 30.3 Å². The zero-order valence-electron chi connectivity index (χ0n) is 12.7. The van der Waals surface area contributed by atoms with E-state index in [2.05, 4.69) is 23.3 Å². The first-order valence-corrected chi connectivity index (χ1v) is 8.39. The van der Waals surface area contributed by atoms with E-state index >= 15 is 0 Å². The van der Waals surface area contributed by atoms with Gasteiger partial charge in [-0.05, 0) is 49.4 Å². The van der Waals surface area contributed by atoms with Gasteiger partial charge in [-0.25, -0.2) is 0 Å². The maximum atomic E-state index is 10.6. The summed E-state index contributed by atoms with van der Waals surface area (Å²) in [6, 6.07) is 6.74. The molecular weight excluding hydrogens is 284 g/mol. The molecule has 0 aliphatic heterocycles. The number of halogens is 1. The van der Waals surface area contributed by atoms with Crippen LogP contribution in [0.5, 0.6) is 0 Å². The minimum atomic E-state index is -0.518. The standard InChI is InChI=1S/C17H25ClN2O/c1-20(12-17(21)8-2-3-9-17)16-7-4-14(18)10-13(16)11-19-15-5-6-15/h4,7,10,15,19,21H,2-3,5-6,8-9,11-12H2,1H3. The van der Waals surface area contributed by atoms with Crippen LogP contribution in [0.15, 0.2) is 18.2 Å². The molecule has 21 heavy (non-hydrogen) atoms. The van der Waals surface area contributed by atoms with Gasteiger partial charge in [-0.1, -0.05) is 24.4 Å². The van der Waals surface area contributed by atoms with Crippen molar-refractivity contribution in [3.8, 4) is 0 Å². The van der Waals surface area contributed by atoms with Gasteiger partial charge in [0.25, 0.3) is 0 Å². The van der Waals surface area contributed by atoms with Crippen LogP contribution < -0.4 is 10.2 Å². The van der Waals surface area contributed by atoms with Gasteiger partial charge in [-0.2, -0.15) is 0 Å². The van der Waals surface area contributed by atoms with Crippen molar-refractivity contribution in [1.82, 2.24) is 5.32 Å². The number of anilines is 1. The fraction of sp³-hybridized carbons (Fsp3) is 0.647. The second-order valence-electron chi connectivity index (χ2n) is 6.72. The Bertz CT molecular complexity index is 496. The van der Waals surface area contributed by atoms with Crippen molar-refractivity contribution in [2.45, 2.75) is 56.7 Å². The summed E-state index contributed by atoms with van der Waals surface area (Å²) in [5, 5.41) is 14.9. The van der Waals surface area contributed by atoms with Crippen molar-refractivity contribution in [2.75, 3.05) is 18.5 Å². The minimum Gasteiger partial charge on any atom is -0.388 e. The summed E-state index contributed by atoms with van der Waals surface area (Å²) in [4.78, 5) is 2.19. The lowest BCUT2D eigenvalue weighted by Gasteiger charge is -2.31. The third-order valence-electron chi connectivity index (χ3n) is 4.68. The molecule has 2 fully saturated rings. The lowest BCUT2D eigenvalue weighted by molar-refractivity contribution is 0.0559. The summed E-state index contributed by atoms with van der Waals surface area (Å²) in [5.74, 6) is 0. The molecule has 0 spiro atoms. The molecular formula is C17H25ClN2O. The van der Waals surface area contributed by atoms with Crippen LogP contribution in [0.3, 0.4) is 0 Å². The summed E-state index contributed by atoms with van der Waals surface area (Å²) in [5.41, 5.74) is 1.88. The summed E-state index contributed by atoms with van der Waals surface area (Å²) in [7, 11) is 2.07. The van der Waals surface area contributed by atoms with Gasteiger partial charge in [0.05, 0.1) is 5.60 Å². The number of likely N-dealkylation sites (N-methyl/N-ethyl adjacent to an activating group) is 1. The highest BCUT2D eigenvalue weighted by Gasteiger charge is 2.32. The molecule has 0 radical (unpaired) electrons. The molecule has 0 saturated heterocycles. The second-order valence-corrected chi connectivity index (χ2v) is 7.15. The van der Waals surface area contributed by atoms with Gasteiger partial charge in [0.15, 0.2) is 0 Å². The Morgan fingerprint density at radius 1 is 1.33 bits per heavy atom. The van der Waals surface area contributed by atoms with Crippen LogP contribution in [0, 0.1) is 0 Å². The summed E-state index contributed by atoms with van der Waals surface area (Å²) in [6.45, 7) is 1.55. The van der Waals surface area contributed by atoms with E-state index in [9.17, 15) is 5.11 Å². The van der Waals surface area contributed by atoms with E-state index in [1.807, 2.05) is 12.1 Å². The third-order valence-corrected chi connectivity index (χ3v) is 4.91. The van der Waals surface area contributed by atoms with Gasteiger partial charge in [0.1, 0.15) is 0 Å². The van der Waals surface area contributed by atoms with Crippen LogP contribution in [-0.2, 0) is 6.54 Å². The van der Waals surface area contributed by atoms with Crippen molar-refractivity contribution in [1.29, 1.82) is 0 Å². The van der Waals surface area contributed by atoms with E-state index < -0.39 is 5.60 Å². The predicted molar refractivity (Wildman–Crippen MR) is 88.0 cm³/mol. The molecule has 3 nitrogen and oxygen atoms in total. The monoisotopic (exact) mass is 308 g/mol. The van der Waals surface area contributed by atoms with Crippen LogP contribution in [0.25, 0.3) is 0 Å². The average molecular weight is 309 g/mol. The van der Waals surface area contributed by atoms with E-state index in [1.54, 1.807) is 0 Å². The molecule has 0 aromatic heterocycles. The van der Waals surface area contributed by atoms with Crippen LogP contribution in [0.1, 0.15) is 44.1 Å². The topological polar surface area (TPSA) is 35.5 Å². The lowest BCUT2D eigenvalue weighted by atomic mass is 10.0. The zero-order valence-corrected chi connectivity index (χ0v) is 13.5. The van der Waals surface area contributed by atoms with E-state index in [0.29, 0.717) is 12.6 Å². The first-order chi connectivity index (χ1) is 10.1. The Morgan fingerprint density at radius 2 is 2.05 bits per heavy atom. The fourth-order valence-electron chi connectivity index (χ4n) is 3.33. The number of benzene rings is 1. The van der Waals surface area contributed by atoms with Crippen LogP contribution >= 0.6 is 11.6 Å². The van der Waals surface area contributed by atoms with E-state index in [4.69, 9.17) is 11.6 Å². The number of aliphatic hydroxyl groups is 1. The highest BCUT2D eigenvalue weighted by atomic mass is 35.5. The Morgan fingerprint density at radius 3 is 2.71 bits per heavy atom. The van der Waals surface area contributed by atoms with E-state index in [1.165, 1.54) is 24.1 Å². The van der Waals surface area contributed by atoms with Crippen LogP contribution in [0.2, 0.25) is 5.02 Å². The van der Waals surface area contributed by atoms with Crippen molar-refractivity contribution >= 4 is 17.3 Å². The second kappa shape index (κ2) is 6.15. The maximum Gasteiger partial charge on any atom is 0.0821 e. The molecule has 1 aromatic rings. The number of rotatable bonds is 6. The number of nitrogens with one attached hydrogen (secondary N) is 1. The first kappa shape index (κ1) is 15.1. The van der Waals surface area contributed by atoms with Gasteiger partial charge >= 0.3 is 0 Å². The molecule has 0 unspecified atom stereocenters. The van der Waals surface area contributed by atoms with Gasteiger partial charge in [-0.15, -0.1) is 0 Å². The van der Waals surface area contributed by atoms with Gasteiger partial charge in [0.2, 0.25) is 0 Å². The molecule has 0 atom stereocenters. The largest absolute Gasteiger partial charge is 0.388 e. The van der Waals surface area contributed by atoms with E-state index in [0.717, 1.165) is 37.3 Å². The van der Waals surface area contributed by atoms with Gasteiger partial charge in [-0.3, -0.25) is 0 Å². The Hall–Kier alpha value is -0.770. The quantitative estimate of drug-likeness (QED) is 0.846. The number of hydrogen-bond acceptors (Lipinski definition) is 3. The zero-order chi connectivity index (χ0) is 14.9. The Balaban J connectivity index is 1.72. The Kier molecular flexibility index (Phi) is 4.43. The Labute approximate surface area is 132 Å². The van der Waals surface area contributed by atoms with Gasteiger partial charge in [0, 0.05) is 36.9 Å². The minimum absolute atomic E-state index is 0.518. The van der Waals surface area contributed by atoms with Gasteiger partial charge < -0.3 is 15.3 Å². The fourth-order valence-corrected chi connectivity index (χ4v) is 3.52. The molecule has 3 rings (SSSR count). The number of hydrogen-bond donors (Lipinski definition) is 2. The molecule has 2 aliphatic carbocycles. The lowest BCUT2D eigenvalue weighted by Crippen LogP contribution is -2.39. The van der Waals surface area contributed by atoms with Crippen LogP contribution in [0.4, 0.5) is 5.69 Å². The van der Waals surface area contributed by atoms with Crippen molar-refractivity contribution in [3.63, 3.8) is 0 Å². The molecule has 2 saturated carbocycles.